The zero-order chi connectivity index (χ0) is 14.4. The van der Waals surface area contributed by atoms with Crippen molar-refractivity contribution in [2.24, 2.45) is 11.7 Å². The van der Waals surface area contributed by atoms with Gasteiger partial charge in [0, 0.05) is 37.8 Å². The van der Waals surface area contributed by atoms with Gasteiger partial charge in [-0.05, 0) is 31.4 Å². The molecule has 1 fully saturated rings. The zero-order valence-electron chi connectivity index (χ0n) is 12.1. The molecule has 1 aliphatic rings. The molecule has 5 nitrogen and oxygen atoms in total. The number of primary amides is 1. The summed E-state index contributed by atoms with van der Waals surface area (Å²) in [6.45, 7) is 5.81. The average molecular weight is 276 g/mol. The Morgan fingerprint density at radius 1 is 1.50 bits per heavy atom. The molecule has 0 spiro atoms. The largest absolute Gasteiger partial charge is 0.370 e. The number of rotatable bonds is 6. The Morgan fingerprint density at radius 3 is 2.90 bits per heavy atom. The van der Waals surface area contributed by atoms with Crippen molar-refractivity contribution in [1.82, 2.24) is 10.3 Å². The maximum Gasteiger partial charge on any atom is 0.217 e. The standard InChI is InChI=1S/C15H24N4O/c1-2-17-11-13-4-3-7-18-15(13)19-8-5-12(6-9-19)10-14(16)20/h3-4,7,12,17H,2,5-6,8-11H2,1H3,(H2,16,20). The lowest BCUT2D eigenvalue weighted by Gasteiger charge is -2.33. The molecular formula is C15H24N4O. The summed E-state index contributed by atoms with van der Waals surface area (Å²) in [7, 11) is 0. The van der Waals surface area contributed by atoms with E-state index in [9.17, 15) is 4.79 Å². The Morgan fingerprint density at radius 2 is 2.25 bits per heavy atom. The van der Waals surface area contributed by atoms with E-state index in [1.807, 2.05) is 12.3 Å². The highest BCUT2D eigenvalue weighted by molar-refractivity contribution is 5.74. The molecule has 0 aromatic carbocycles. The monoisotopic (exact) mass is 276 g/mol. The van der Waals surface area contributed by atoms with E-state index in [1.165, 1.54) is 5.56 Å². The van der Waals surface area contributed by atoms with Crippen molar-refractivity contribution in [2.75, 3.05) is 24.5 Å². The molecule has 110 valence electrons. The molecule has 0 atom stereocenters. The van der Waals surface area contributed by atoms with Crippen LogP contribution in [0.5, 0.6) is 0 Å². The minimum Gasteiger partial charge on any atom is -0.370 e. The number of piperidine rings is 1. The summed E-state index contributed by atoms with van der Waals surface area (Å²) in [6.07, 6.45) is 4.39. The number of nitrogens with two attached hydrogens (primary N) is 1. The van der Waals surface area contributed by atoms with E-state index >= 15 is 0 Å². The summed E-state index contributed by atoms with van der Waals surface area (Å²) in [5.74, 6) is 1.32. The highest BCUT2D eigenvalue weighted by atomic mass is 16.1. The van der Waals surface area contributed by atoms with Crippen LogP contribution >= 0.6 is 0 Å². The van der Waals surface area contributed by atoms with E-state index in [1.54, 1.807) is 0 Å². The molecule has 0 radical (unpaired) electrons. The lowest BCUT2D eigenvalue weighted by atomic mass is 9.93. The molecule has 1 aromatic rings. The van der Waals surface area contributed by atoms with E-state index in [0.717, 1.165) is 44.8 Å². The lowest BCUT2D eigenvalue weighted by Crippen LogP contribution is -2.36. The summed E-state index contributed by atoms with van der Waals surface area (Å²) in [5.41, 5.74) is 6.51. The molecule has 1 saturated heterocycles. The van der Waals surface area contributed by atoms with Crippen molar-refractivity contribution in [3.8, 4) is 0 Å². The number of carbonyl (C=O) groups is 1. The molecule has 0 bridgehead atoms. The van der Waals surface area contributed by atoms with Gasteiger partial charge in [-0.1, -0.05) is 13.0 Å². The number of hydrogen-bond acceptors (Lipinski definition) is 4. The number of hydrogen-bond donors (Lipinski definition) is 2. The first-order valence-corrected chi connectivity index (χ1v) is 7.38. The van der Waals surface area contributed by atoms with Crippen molar-refractivity contribution in [3.63, 3.8) is 0 Å². The van der Waals surface area contributed by atoms with E-state index in [2.05, 4.69) is 28.2 Å². The van der Waals surface area contributed by atoms with Gasteiger partial charge in [0.1, 0.15) is 5.82 Å². The van der Waals surface area contributed by atoms with Crippen molar-refractivity contribution >= 4 is 11.7 Å². The van der Waals surface area contributed by atoms with E-state index in [4.69, 9.17) is 5.73 Å². The summed E-state index contributed by atoms with van der Waals surface area (Å²) in [4.78, 5) is 17.8. The average Bonchev–Trinajstić information content (AvgIpc) is 2.46. The quantitative estimate of drug-likeness (QED) is 0.821. The molecule has 0 unspecified atom stereocenters. The van der Waals surface area contributed by atoms with E-state index < -0.39 is 0 Å². The fourth-order valence-corrected chi connectivity index (χ4v) is 2.75. The van der Waals surface area contributed by atoms with Gasteiger partial charge in [-0.15, -0.1) is 0 Å². The van der Waals surface area contributed by atoms with Crippen molar-refractivity contribution in [1.29, 1.82) is 0 Å². The van der Waals surface area contributed by atoms with Crippen LogP contribution in [0, 0.1) is 5.92 Å². The Kier molecular flexibility index (Phi) is 5.35. The molecule has 3 N–H and O–H groups in total. The van der Waals surface area contributed by atoms with Gasteiger partial charge in [0.05, 0.1) is 0 Å². The van der Waals surface area contributed by atoms with Crippen LogP contribution in [0.15, 0.2) is 18.3 Å². The first-order chi connectivity index (χ1) is 9.70. The first-order valence-electron chi connectivity index (χ1n) is 7.38. The molecule has 0 saturated carbocycles. The number of carbonyl (C=O) groups excluding carboxylic acids is 1. The van der Waals surface area contributed by atoms with Gasteiger partial charge in [-0.2, -0.15) is 0 Å². The summed E-state index contributed by atoms with van der Waals surface area (Å²) in [6, 6.07) is 4.11. The Labute approximate surface area is 120 Å². The number of anilines is 1. The zero-order valence-corrected chi connectivity index (χ0v) is 12.1. The highest BCUT2D eigenvalue weighted by Crippen LogP contribution is 2.25. The molecule has 1 aromatic heterocycles. The topological polar surface area (TPSA) is 71.2 Å². The van der Waals surface area contributed by atoms with Crippen LogP contribution in [0.1, 0.15) is 31.7 Å². The van der Waals surface area contributed by atoms with E-state index in [0.29, 0.717) is 12.3 Å². The number of nitrogens with zero attached hydrogens (tertiary/aromatic N) is 2. The van der Waals surface area contributed by atoms with Gasteiger partial charge in [0.15, 0.2) is 0 Å². The van der Waals surface area contributed by atoms with Gasteiger partial charge >= 0.3 is 0 Å². The molecule has 5 heteroatoms. The van der Waals surface area contributed by atoms with Crippen LogP contribution in [-0.2, 0) is 11.3 Å². The lowest BCUT2D eigenvalue weighted by molar-refractivity contribution is -0.119. The fourth-order valence-electron chi connectivity index (χ4n) is 2.75. The molecule has 20 heavy (non-hydrogen) atoms. The molecule has 1 aliphatic heterocycles. The van der Waals surface area contributed by atoms with Crippen LogP contribution < -0.4 is 16.0 Å². The van der Waals surface area contributed by atoms with Crippen LogP contribution in [0.2, 0.25) is 0 Å². The van der Waals surface area contributed by atoms with Crippen LogP contribution in [0.4, 0.5) is 5.82 Å². The van der Waals surface area contributed by atoms with Crippen LogP contribution in [0.3, 0.4) is 0 Å². The minimum absolute atomic E-state index is 0.186. The maximum atomic E-state index is 11.0. The van der Waals surface area contributed by atoms with Crippen LogP contribution in [-0.4, -0.2) is 30.5 Å². The van der Waals surface area contributed by atoms with Gasteiger partial charge in [-0.3, -0.25) is 4.79 Å². The second-order valence-electron chi connectivity index (χ2n) is 5.37. The van der Waals surface area contributed by atoms with Crippen molar-refractivity contribution in [3.05, 3.63) is 23.9 Å². The highest BCUT2D eigenvalue weighted by Gasteiger charge is 2.22. The van der Waals surface area contributed by atoms with Crippen molar-refractivity contribution in [2.45, 2.75) is 32.7 Å². The predicted octanol–water partition coefficient (Wildman–Crippen LogP) is 1.28. The predicted molar refractivity (Wildman–Crippen MR) is 80.4 cm³/mol. The molecule has 1 amide bonds. The summed E-state index contributed by atoms with van der Waals surface area (Å²) >= 11 is 0. The summed E-state index contributed by atoms with van der Waals surface area (Å²) in [5, 5.41) is 3.35. The smallest absolute Gasteiger partial charge is 0.217 e. The minimum atomic E-state index is -0.186. The second kappa shape index (κ2) is 7.24. The Hall–Kier alpha value is -1.62. The fraction of sp³-hybridized carbons (Fsp3) is 0.600. The van der Waals surface area contributed by atoms with Crippen molar-refractivity contribution < 1.29 is 4.79 Å². The summed E-state index contributed by atoms with van der Waals surface area (Å²) < 4.78 is 0. The second-order valence-corrected chi connectivity index (χ2v) is 5.37. The third-order valence-corrected chi connectivity index (χ3v) is 3.84. The maximum absolute atomic E-state index is 11.0. The third kappa shape index (κ3) is 3.93. The van der Waals surface area contributed by atoms with Gasteiger partial charge < -0.3 is 16.0 Å². The molecule has 2 heterocycles. The first kappa shape index (κ1) is 14.8. The third-order valence-electron chi connectivity index (χ3n) is 3.84. The number of nitrogens with one attached hydrogen (secondary N) is 1. The van der Waals surface area contributed by atoms with Gasteiger partial charge in [0.2, 0.25) is 5.91 Å². The Bertz CT molecular complexity index is 441. The van der Waals surface area contributed by atoms with Gasteiger partial charge in [-0.25, -0.2) is 4.98 Å². The van der Waals surface area contributed by atoms with E-state index in [-0.39, 0.29) is 5.91 Å². The SMILES string of the molecule is CCNCc1cccnc1N1CCC(CC(N)=O)CC1. The molecular weight excluding hydrogens is 252 g/mol. The number of pyridine rings is 1. The molecule has 2 rings (SSSR count). The number of amides is 1. The molecule has 0 aliphatic carbocycles. The Balaban J connectivity index is 1.97. The van der Waals surface area contributed by atoms with Gasteiger partial charge in [0.25, 0.3) is 0 Å². The normalized spacial score (nSPS) is 16.4. The van der Waals surface area contributed by atoms with Crippen LogP contribution in [0.25, 0.3) is 0 Å². The number of aromatic nitrogens is 1.